The molecule has 0 saturated heterocycles. The Kier molecular flexibility index (Phi) is 13.5. The quantitative estimate of drug-likeness (QED) is 0.212. The van der Waals surface area contributed by atoms with E-state index in [9.17, 15) is 0 Å². The maximum absolute atomic E-state index is 9.00. The van der Waals surface area contributed by atoms with Crippen LogP contribution in [-0.4, -0.2) is 41.1 Å². The molecule has 8 N–H and O–H groups in total. The molecule has 0 aromatic heterocycles. The van der Waals surface area contributed by atoms with E-state index in [0.29, 0.717) is 0 Å². The fourth-order valence-corrected chi connectivity index (χ4v) is 0. The molecule has 11 heavy (non-hydrogen) atoms. The van der Waals surface area contributed by atoms with E-state index in [1.54, 1.807) is 0 Å². The molecule has 0 radical (unpaired) electrons. The monoisotopic (exact) mass is 186 g/mol. The van der Waals surface area contributed by atoms with E-state index in [1.165, 1.54) is 0 Å². The van der Waals surface area contributed by atoms with Gasteiger partial charge in [0.1, 0.15) is 6.79 Å². The topological polar surface area (TPSA) is 167 Å². The summed E-state index contributed by atoms with van der Waals surface area (Å²) in [5.41, 5.74) is 8.50. The molecule has 9 heteroatoms. The first-order valence-electron chi connectivity index (χ1n) is 1.96. The van der Waals surface area contributed by atoms with Crippen LogP contribution in [0, 0.1) is 0 Å². The molecule has 0 aromatic carbocycles. The van der Waals surface area contributed by atoms with Crippen molar-refractivity contribution in [1.82, 2.24) is 0 Å². The van der Waals surface area contributed by atoms with Crippen molar-refractivity contribution in [2.24, 2.45) is 11.5 Å². The molecule has 0 aliphatic heterocycles. The fraction of sp³-hybridized carbons (Fsp3) is 0. The van der Waals surface area contributed by atoms with Gasteiger partial charge in [-0.15, -0.1) is 0 Å². The first-order valence-corrected chi connectivity index (χ1v) is 3.75. The highest BCUT2D eigenvalue weighted by atomic mass is 28.4. The molecule has 0 aliphatic rings. The molecular formula is C2H10N2O6Si. The number of urea groups is 1. The molecule has 0 aromatic rings. The van der Waals surface area contributed by atoms with Crippen LogP contribution in [0.2, 0.25) is 0 Å². The predicted octanol–water partition coefficient (Wildman–Crippen LogP) is -3.77. The van der Waals surface area contributed by atoms with Crippen LogP contribution in [0.25, 0.3) is 0 Å². The van der Waals surface area contributed by atoms with Crippen LogP contribution in [0.15, 0.2) is 0 Å². The summed E-state index contributed by atoms with van der Waals surface area (Å²) < 4.78 is 0. The molecule has 0 atom stereocenters. The Morgan fingerprint density at radius 3 is 1.09 bits per heavy atom. The SMILES string of the molecule is C=O.NC(N)=O.O[Si](O)(O)O. The van der Waals surface area contributed by atoms with E-state index in [4.69, 9.17) is 28.8 Å². The Hall–Kier alpha value is -1.00. The average Bonchev–Trinajstić information content (AvgIpc) is 1.63. The van der Waals surface area contributed by atoms with Gasteiger partial charge >= 0.3 is 15.1 Å². The highest BCUT2D eigenvalue weighted by Gasteiger charge is 2.22. The maximum atomic E-state index is 9.00. The van der Waals surface area contributed by atoms with Crippen molar-refractivity contribution in [3.63, 3.8) is 0 Å². The van der Waals surface area contributed by atoms with Crippen molar-refractivity contribution < 1.29 is 28.8 Å². The average molecular weight is 186 g/mol. The zero-order valence-electron chi connectivity index (χ0n) is 5.47. The van der Waals surface area contributed by atoms with E-state index in [0.717, 1.165) is 0 Å². The van der Waals surface area contributed by atoms with E-state index in [1.807, 2.05) is 6.79 Å². The number of amides is 2. The van der Waals surface area contributed by atoms with Gasteiger partial charge in [-0.25, -0.2) is 4.79 Å². The summed E-state index contributed by atoms with van der Waals surface area (Å²) in [4.78, 5) is 46.3. The number of rotatable bonds is 0. The van der Waals surface area contributed by atoms with Crippen LogP contribution in [0.1, 0.15) is 0 Å². The van der Waals surface area contributed by atoms with Gasteiger partial charge in [0.2, 0.25) is 0 Å². The predicted molar refractivity (Wildman–Crippen MR) is 35.5 cm³/mol. The second-order valence-electron chi connectivity index (χ2n) is 1.00. The smallest absolute Gasteiger partial charge is 0.368 e. The van der Waals surface area contributed by atoms with Crippen molar-refractivity contribution in [3.8, 4) is 0 Å². The summed E-state index contributed by atoms with van der Waals surface area (Å²) >= 11 is 0. The molecule has 0 spiro atoms. The molecule has 0 aliphatic carbocycles. The van der Waals surface area contributed by atoms with Crippen LogP contribution in [0.5, 0.6) is 0 Å². The molecule has 0 unspecified atom stereocenters. The van der Waals surface area contributed by atoms with Crippen LogP contribution in [0.4, 0.5) is 4.79 Å². The minimum absolute atomic E-state index is 0.833. The first-order chi connectivity index (χ1) is 4.73. The van der Waals surface area contributed by atoms with Crippen LogP contribution in [-0.2, 0) is 4.79 Å². The molecule has 0 heterocycles. The van der Waals surface area contributed by atoms with Crippen molar-refractivity contribution in [3.05, 3.63) is 0 Å². The van der Waals surface area contributed by atoms with Crippen molar-refractivity contribution in [1.29, 1.82) is 0 Å². The zero-order chi connectivity index (χ0) is 10.1. The second kappa shape index (κ2) is 9.00. The number of hydrogen-bond donors (Lipinski definition) is 6. The van der Waals surface area contributed by atoms with E-state index in [-0.39, 0.29) is 0 Å². The Bertz CT molecular complexity index is 91.2. The molecule has 8 nitrogen and oxygen atoms in total. The summed E-state index contributed by atoms with van der Waals surface area (Å²) in [6.45, 7) is 2.00. The van der Waals surface area contributed by atoms with Crippen molar-refractivity contribution in [2.45, 2.75) is 0 Å². The Labute approximate surface area is 63.2 Å². The van der Waals surface area contributed by atoms with Gasteiger partial charge in [0.05, 0.1) is 0 Å². The number of nitrogens with two attached hydrogens (primary N) is 2. The maximum Gasteiger partial charge on any atom is 0.668 e. The van der Waals surface area contributed by atoms with Gasteiger partial charge in [0.15, 0.2) is 0 Å². The first kappa shape index (κ1) is 16.5. The largest absolute Gasteiger partial charge is 0.668 e. The lowest BCUT2D eigenvalue weighted by atomic mass is 11.2. The van der Waals surface area contributed by atoms with Crippen LogP contribution in [0.3, 0.4) is 0 Å². The van der Waals surface area contributed by atoms with Gasteiger partial charge in [0, 0.05) is 0 Å². The lowest BCUT2D eigenvalue weighted by Gasteiger charge is -1.91. The number of carbonyl (C=O) groups excluding carboxylic acids is 2. The van der Waals surface area contributed by atoms with Gasteiger partial charge in [-0.05, 0) is 0 Å². The van der Waals surface area contributed by atoms with Crippen molar-refractivity contribution in [2.75, 3.05) is 0 Å². The summed E-state index contributed by atoms with van der Waals surface area (Å²) in [6, 6.07) is -0.833. The van der Waals surface area contributed by atoms with E-state index < -0.39 is 15.1 Å². The highest BCUT2D eigenvalue weighted by molar-refractivity contribution is 6.46. The lowest BCUT2D eigenvalue weighted by Crippen LogP contribution is -2.33. The molecule has 0 rings (SSSR count). The summed E-state index contributed by atoms with van der Waals surface area (Å²) in [5, 5.41) is 0. The fourth-order valence-electron chi connectivity index (χ4n) is 0. The Morgan fingerprint density at radius 1 is 1.09 bits per heavy atom. The van der Waals surface area contributed by atoms with Gasteiger partial charge < -0.3 is 35.4 Å². The highest BCUT2D eigenvalue weighted by Crippen LogP contribution is 1.67. The van der Waals surface area contributed by atoms with Gasteiger partial charge in [-0.1, -0.05) is 0 Å². The third-order valence-electron chi connectivity index (χ3n) is 0. The number of hydrogen-bond acceptors (Lipinski definition) is 6. The Morgan fingerprint density at radius 2 is 1.09 bits per heavy atom. The van der Waals surface area contributed by atoms with Crippen LogP contribution >= 0.6 is 0 Å². The molecular weight excluding hydrogens is 176 g/mol. The van der Waals surface area contributed by atoms with Crippen molar-refractivity contribution >= 4 is 21.9 Å². The zero-order valence-corrected chi connectivity index (χ0v) is 6.47. The Balaban J connectivity index is -0.0000000965. The third kappa shape index (κ3) is 438. The van der Waals surface area contributed by atoms with Crippen LogP contribution < -0.4 is 11.5 Å². The molecule has 68 valence electrons. The lowest BCUT2D eigenvalue weighted by molar-refractivity contribution is -0.0980. The number of carbonyl (C=O) groups is 2. The normalized spacial score (nSPS) is 8.00. The minimum Gasteiger partial charge on any atom is -0.368 e. The molecule has 0 bridgehead atoms. The van der Waals surface area contributed by atoms with E-state index in [2.05, 4.69) is 11.5 Å². The van der Waals surface area contributed by atoms with Gasteiger partial charge in [-0.2, -0.15) is 0 Å². The second-order valence-corrected chi connectivity index (χ2v) is 2.20. The minimum atomic E-state index is -4.61. The van der Waals surface area contributed by atoms with E-state index >= 15 is 0 Å². The molecule has 0 saturated carbocycles. The molecule has 0 fully saturated rings. The molecule has 2 amide bonds. The van der Waals surface area contributed by atoms with Gasteiger partial charge in [-0.3, -0.25) is 0 Å². The summed E-state index contributed by atoms with van der Waals surface area (Å²) in [5.74, 6) is 0. The standard InChI is InChI=1S/CH4N2O.CH2O.H4O4Si/c2-1(3)4;1-2;1-5(2,3)4/h(H4,2,3,4);1H2;1-4H. The third-order valence-corrected chi connectivity index (χ3v) is 0. The number of primary amides is 2. The van der Waals surface area contributed by atoms with Gasteiger partial charge in [0.25, 0.3) is 0 Å². The summed E-state index contributed by atoms with van der Waals surface area (Å²) in [7, 11) is -4.61. The summed E-state index contributed by atoms with van der Waals surface area (Å²) in [6.07, 6.45) is 0.